The molecule has 0 bridgehead atoms. The maximum Gasteiger partial charge on any atom is 0.124 e. The number of hydrogen-bond donors (Lipinski definition) is 1. The lowest BCUT2D eigenvalue weighted by atomic mass is 10.0. The summed E-state index contributed by atoms with van der Waals surface area (Å²) < 4.78 is 13.0. The molecule has 2 atom stereocenters. The van der Waals surface area contributed by atoms with Crippen LogP contribution in [0.25, 0.3) is 0 Å². The van der Waals surface area contributed by atoms with Gasteiger partial charge in [-0.25, -0.2) is 4.39 Å². The van der Waals surface area contributed by atoms with E-state index in [1.165, 1.54) is 12.1 Å². The van der Waals surface area contributed by atoms with E-state index in [9.17, 15) is 4.39 Å². The van der Waals surface area contributed by atoms with Crippen molar-refractivity contribution in [3.8, 4) is 0 Å². The van der Waals surface area contributed by atoms with Gasteiger partial charge in [0.05, 0.1) is 0 Å². The summed E-state index contributed by atoms with van der Waals surface area (Å²) in [6.45, 7) is 4.08. The van der Waals surface area contributed by atoms with E-state index in [0.29, 0.717) is 5.02 Å². The Morgan fingerprint density at radius 1 is 1.11 bits per heavy atom. The molecule has 2 rings (SSSR count). The van der Waals surface area contributed by atoms with Crippen LogP contribution in [0.2, 0.25) is 5.02 Å². The lowest BCUT2D eigenvalue weighted by Crippen LogP contribution is -2.22. The summed E-state index contributed by atoms with van der Waals surface area (Å²) in [5.41, 5.74) is 2.05. The van der Waals surface area contributed by atoms with Crippen molar-refractivity contribution in [1.82, 2.24) is 10.3 Å². The van der Waals surface area contributed by atoms with Crippen LogP contribution in [0.5, 0.6) is 0 Å². The molecule has 100 valence electrons. The highest BCUT2D eigenvalue weighted by molar-refractivity contribution is 6.31. The van der Waals surface area contributed by atoms with E-state index in [4.69, 9.17) is 11.6 Å². The molecule has 1 aromatic carbocycles. The lowest BCUT2D eigenvalue weighted by Gasteiger charge is -2.21. The molecule has 1 N–H and O–H groups in total. The van der Waals surface area contributed by atoms with Gasteiger partial charge >= 0.3 is 0 Å². The molecule has 2 nitrogen and oxygen atoms in total. The molecule has 0 saturated heterocycles. The van der Waals surface area contributed by atoms with Crippen molar-refractivity contribution in [3.63, 3.8) is 0 Å². The normalized spacial score (nSPS) is 14.1. The van der Waals surface area contributed by atoms with Gasteiger partial charge in [-0.2, -0.15) is 0 Å². The first-order valence-electron chi connectivity index (χ1n) is 6.19. The van der Waals surface area contributed by atoms with Gasteiger partial charge in [-0.3, -0.25) is 4.98 Å². The van der Waals surface area contributed by atoms with Gasteiger partial charge in [0, 0.05) is 29.5 Å². The van der Waals surface area contributed by atoms with Crippen LogP contribution in [0, 0.1) is 5.82 Å². The third-order valence-electron chi connectivity index (χ3n) is 3.14. The first kappa shape index (κ1) is 14.0. The monoisotopic (exact) mass is 278 g/mol. The average Bonchev–Trinajstić information content (AvgIpc) is 2.39. The van der Waals surface area contributed by atoms with Gasteiger partial charge in [-0.15, -0.1) is 0 Å². The highest BCUT2D eigenvalue weighted by atomic mass is 35.5. The second-order valence-electron chi connectivity index (χ2n) is 4.56. The van der Waals surface area contributed by atoms with Crippen molar-refractivity contribution in [2.24, 2.45) is 0 Å². The number of nitrogens with one attached hydrogen (secondary N) is 1. The summed E-state index contributed by atoms with van der Waals surface area (Å²) in [5.74, 6) is -0.317. The maximum atomic E-state index is 13.0. The predicted molar refractivity (Wildman–Crippen MR) is 75.6 cm³/mol. The molecule has 0 aliphatic rings. The zero-order chi connectivity index (χ0) is 13.8. The Bertz CT molecular complexity index is 545. The van der Waals surface area contributed by atoms with Gasteiger partial charge in [0.15, 0.2) is 0 Å². The van der Waals surface area contributed by atoms with Gasteiger partial charge < -0.3 is 5.32 Å². The van der Waals surface area contributed by atoms with E-state index in [2.05, 4.69) is 17.2 Å². The minimum absolute atomic E-state index is 0.0382. The fourth-order valence-electron chi connectivity index (χ4n) is 2.07. The SMILES string of the molecule is CC(NC(C)c1ccc(F)cc1Cl)c1ccncc1. The van der Waals surface area contributed by atoms with E-state index in [1.54, 1.807) is 18.5 Å². The number of halogens is 2. The first-order valence-corrected chi connectivity index (χ1v) is 6.56. The molecule has 0 fully saturated rings. The molecule has 0 radical (unpaired) electrons. The first-order chi connectivity index (χ1) is 9.08. The molecule has 19 heavy (non-hydrogen) atoms. The van der Waals surface area contributed by atoms with Gasteiger partial charge in [0.25, 0.3) is 0 Å². The van der Waals surface area contributed by atoms with Crippen LogP contribution in [-0.4, -0.2) is 4.98 Å². The zero-order valence-electron chi connectivity index (χ0n) is 10.9. The van der Waals surface area contributed by atoms with Crippen molar-refractivity contribution < 1.29 is 4.39 Å². The highest BCUT2D eigenvalue weighted by Crippen LogP contribution is 2.25. The van der Waals surface area contributed by atoms with E-state index in [-0.39, 0.29) is 17.9 Å². The molecule has 0 spiro atoms. The standard InChI is InChI=1S/C15H16ClFN2/c1-10(12-5-7-18-8-6-12)19-11(2)14-4-3-13(17)9-15(14)16/h3-11,19H,1-2H3. The third-order valence-corrected chi connectivity index (χ3v) is 3.46. The number of nitrogens with zero attached hydrogens (tertiary/aromatic N) is 1. The van der Waals surface area contributed by atoms with E-state index < -0.39 is 0 Å². The molecule has 0 amide bonds. The summed E-state index contributed by atoms with van der Waals surface area (Å²) in [6, 6.07) is 8.63. The fourth-order valence-corrected chi connectivity index (χ4v) is 2.40. The summed E-state index contributed by atoms with van der Waals surface area (Å²) in [7, 11) is 0. The number of hydrogen-bond acceptors (Lipinski definition) is 2. The van der Waals surface area contributed by atoms with Crippen molar-refractivity contribution >= 4 is 11.6 Å². The van der Waals surface area contributed by atoms with E-state index in [1.807, 2.05) is 19.1 Å². The molecule has 0 aliphatic carbocycles. The molecule has 2 aromatic rings. The van der Waals surface area contributed by atoms with Gasteiger partial charge in [-0.05, 0) is 49.2 Å². The minimum atomic E-state index is -0.317. The molecular weight excluding hydrogens is 263 g/mol. The smallest absolute Gasteiger partial charge is 0.124 e. The lowest BCUT2D eigenvalue weighted by molar-refractivity contribution is 0.493. The number of benzene rings is 1. The molecule has 2 unspecified atom stereocenters. The Morgan fingerprint density at radius 3 is 2.42 bits per heavy atom. The van der Waals surface area contributed by atoms with Gasteiger partial charge in [-0.1, -0.05) is 17.7 Å². The van der Waals surface area contributed by atoms with E-state index >= 15 is 0 Å². The van der Waals surface area contributed by atoms with Crippen LogP contribution >= 0.6 is 11.6 Å². The minimum Gasteiger partial charge on any atom is -0.304 e. The summed E-state index contributed by atoms with van der Waals surface area (Å²) in [5, 5.41) is 3.88. The van der Waals surface area contributed by atoms with Crippen molar-refractivity contribution in [2.45, 2.75) is 25.9 Å². The Kier molecular flexibility index (Phi) is 4.51. The number of pyridine rings is 1. The molecule has 0 saturated carbocycles. The summed E-state index contributed by atoms with van der Waals surface area (Å²) in [4.78, 5) is 4.00. The number of aromatic nitrogens is 1. The quantitative estimate of drug-likeness (QED) is 0.903. The Balaban J connectivity index is 2.10. The topological polar surface area (TPSA) is 24.9 Å². The second-order valence-corrected chi connectivity index (χ2v) is 4.96. The second kappa shape index (κ2) is 6.13. The van der Waals surface area contributed by atoms with Crippen molar-refractivity contribution in [1.29, 1.82) is 0 Å². The fraction of sp³-hybridized carbons (Fsp3) is 0.267. The van der Waals surface area contributed by atoms with Crippen LogP contribution in [-0.2, 0) is 0 Å². The summed E-state index contributed by atoms with van der Waals surface area (Å²) >= 11 is 6.06. The molecule has 4 heteroatoms. The Morgan fingerprint density at radius 2 is 1.79 bits per heavy atom. The van der Waals surface area contributed by atoms with Crippen LogP contribution in [0.3, 0.4) is 0 Å². The summed E-state index contributed by atoms with van der Waals surface area (Å²) in [6.07, 6.45) is 3.53. The number of rotatable bonds is 4. The highest BCUT2D eigenvalue weighted by Gasteiger charge is 2.13. The van der Waals surface area contributed by atoms with Gasteiger partial charge in [0.1, 0.15) is 5.82 Å². The predicted octanol–water partition coefficient (Wildman–Crippen LogP) is 4.29. The van der Waals surface area contributed by atoms with E-state index in [0.717, 1.165) is 11.1 Å². The van der Waals surface area contributed by atoms with Crippen molar-refractivity contribution in [3.05, 3.63) is 64.7 Å². The molecule has 1 heterocycles. The Hall–Kier alpha value is -1.45. The van der Waals surface area contributed by atoms with Gasteiger partial charge in [0.2, 0.25) is 0 Å². The van der Waals surface area contributed by atoms with Crippen LogP contribution in [0.15, 0.2) is 42.7 Å². The van der Waals surface area contributed by atoms with Crippen molar-refractivity contribution in [2.75, 3.05) is 0 Å². The molecule has 1 aromatic heterocycles. The Labute approximate surface area is 117 Å². The zero-order valence-corrected chi connectivity index (χ0v) is 11.7. The third kappa shape index (κ3) is 3.52. The van der Waals surface area contributed by atoms with Crippen LogP contribution in [0.4, 0.5) is 4.39 Å². The molecule has 0 aliphatic heterocycles. The van der Waals surface area contributed by atoms with Crippen LogP contribution < -0.4 is 5.32 Å². The maximum absolute atomic E-state index is 13.0. The largest absolute Gasteiger partial charge is 0.304 e. The van der Waals surface area contributed by atoms with Crippen LogP contribution in [0.1, 0.15) is 37.1 Å². The average molecular weight is 279 g/mol. The molecular formula is C15H16ClFN2.